The van der Waals surface area contributed by atoms with Crippen LogP contribution in [0.2, 0.25) is 10.0 Å². The number of aryl methyl sites for hydroxylation is 1. The fourth-order valence-electron chi connectivity index (χ4n) is 3.79. The molecule has 0 spiro atoms. The summed E-state index contributed by atoms with van der Waals surface area (Å²) < 4.78 is 54.2. The van der Waals surface area contributed by atoms with Crippen molar-refractivity contribution >= 4 is 66.2 Å². The van der Waals surface area contributed by atoms with E-state index in [0.717, 1.165) is 11.8 Å². The molecule has 4 aromatic carbocycles. The molecule has 0 heterocycles. The lowest BCUT2D eigenvalue weighted by atomic mass is 10.1. The third-order valence-corrected chi connectivity index (χ3v) is 8.90. The Morgan fingerprint density at radius 3 is 2.10 bits per heavy atom. The van der Waals surface area contributed by atoms with Gasteiger partial charge in [0.15, 0.2) is 0 Å². The zero-order valence-electron chi connectivity index (χ0n) is 21.4. The lowest BCUT2D eigenvalue weighted by molar-refractivity contribution is 0.102. The van der Waals surface area contributed by atoms with Gasteiger partial charge in [-0.05, 0) is 84.8 Å². The van der Waals surface area contributed by atoms with Gasteiger partial charge in [0.25, 0.3) is 15.9 Å². The Kier molecular flexibility index (Phi) is 8.74. The maximum Gasteiger partial charge on any atom is 0.261 e. The van der Waals surface area contributed by atoms with Crippen molar-refractivity contribution in [3.05, 3.63) is 118 Å². The van der Waals surface area contributed by atoms with E-state index in [1.165, 1.54) is 34.6 Å². The highest BCUT2D eigenvalue weighted by Gasteiger charge is 2.19. The first-order valence-corrected chi connectivity index (χ1v) is 15.9. The highest BCUT2D eigenvalue weighted by Crippen LogP contribution is 2.26. The van der Waals surface area contributed by atoms with E-state index < -0.39 is 26.0 Å². The minimum atomic E-state index is -3.87. The van der Waals surface area contributed by atoms with Crippen LogP contribution in [0, 0.1) is 6.92 Å². The maximum atomic E-state index is 12.8. The molecule has 0 aliphatic heterocycles. The number of hydrogen-bond acceptors (Lipinski definition) is 5. The van der Waals surface area contributed by atoms with Crippen molar-refractivity contribution in [2.45, 2.75) is 18.4 Å². The first kappa shape index (κ1) is 29.4. The third-order valence-electron chi connectivity index (χ3n) is 5.91. The highest BCUT2D eigenvalue weighted by atomic mass is 35.5. The van der Waals surface area contributed by atoms with Gasteiger partial charge in [0.05, 0.1) is 29.1 Å². The number of carbonyl (C=O) groups excluding carboxylic acids is 1. The van der Waals surface area contributed by atoms with E-state index in [2.05, 4.69) is 10.0 Å². The van der Waals surface area contributed by atoms with E-state index >= 15 is 0 Å². The summed E-state index contributed by atoms with van der Waals surface area (Å²) in [5.41, 5.74) is 2.93. The van der Waals surface area contributed by atoms with Crippen LogP contribution < -0.4 is 14.3 Å². The monoisotopic (exact) mass is 617 g/mol. The predicted molar refractivity (Wildman–Crippen MR) is 160 cm³/mol. The predicted octanol–water partition coefficient (Wildman–Crippen LogP) is 6.32. The van der Waals surface area contributed by atoms with Crippen LogP contribution in [0.15, 0.2) is 95.9 Å². The number of anilines is 3. The number of amides is 1. The Labute approximate surface area is 243 Å². The van der Waals surface area contributed by atoms with Gasteiger partial charge in [-0.1, -0.05) is 47.5 Å². The number of rotatable bonds is 9. The number of benzene rings is 4. The van der Waals surface area contributed by atoms with Crippen molar-refractivity contribution in [2.24, 2.45) is 0 Å². The van der Waals surface area contributed by atoms with Crippen LogP contribution in [-0.2, 0) is 26.6 Å². The van der Waals surface area contributed by atoms with Crippen LogP contribution in [-0.4, -0.2) is 29.0 Å². The first-order chi connectivity index (χ1) is 18.8. The Morgan fingerprint density at radius 1 is 0.825 bits per heavy atom. The second-order valence-corrected chi connectivity index (χ2v) is 13.5. The van der Waals surface area contributed by atoms with Crippen LogP contribution in [0.3, 0.4) is 0 Å². The van der Waals surface area contributed by atoms with Gasteiger partial charge in [-0.25, -0.2) is 16.8 Å². The highest BCUT2D eigenvalue weighted by molar-refractivity contribution is 7.92. The van der Waals surface area contributed by atoms with Crippen LogP contribution in [0.1, 0.15) is 21.5 Å². The van der Waals surface area contributed by atoms with E-state index in [1.54, 1.807) is 67.6 Å². The summed E-state index contributed by atoms with van der Waals surface area (Å²) in [6, 6.07) is 23.7. The summed E-state index contributed by atoms with van der Waals surface area (Å²) in [4.78, 5) is 12.8. The van der Waals surface area contributed by atoms with Gasteiger partial charge in [-0.3, -0.25) is 13.8 Å². The lowest BCUT2D eigenvalue weighted by Gasteiger charge is -2.22. The summed E-state index contributed by atoms with van der Waals surface area (Å²) in [6.45, 7) is 1.82. The van der Waals surface area contributed by atoms with Crippen molar-refractivity contribution < 1.29 is 21.6 Å². The fourth-order valence-corrected chi connectivity index (χ4v) is 6.15. The lowest BCUT2D eigenvalue weighted by Crippen LogP contribution is -2.29. The molecule has 4 rings (SSSR count). The molecule has 0 aliphatic rings. The van der Waals surface area contributed by atoms with Crippen LogP contribution >= 0.6 is 23.2 Å². The maximum absolute atomic E-state index is 12.8. The molecular weight excluding hydrogens is 593 g/mol. The number of nitrogens with zero attached hydrogens (tertiary/aromatic N) is 1. The standard InChI is InChI=1S/C28H25Cl2N3O5S2/c1-19-6-11-23(30)17-27(19)32-40(37,38)26-14-12-24(13-15-26)31-28(34)21-9-7-20(8-10-21)18-33(39(2,35)36)25-5-3-4-22(29)16-25/h3-17,32H,18H2,1-2H3,(H,31,34). The molecule has 0 atom stereocenters. The first-order valence-electron chi connectivity index (χ1n) is 11.8. The molecule has 2 N–H and O–H groups in total. The average molecular weight is 619 g/mol. The quantitative estimate of drug-likeness (QED) is 0.228. The van der Waals surface area contributed by atoms with Gasteiger partial charge in [0.1, 0.15) is 0 Å². The van der Waals surface area contributed by atoms with E-state index in [4.69, 9.17) is 23.2 Å². The van der Waals surface area contributed by atoms with Crippen molar-refractivity contribution in [3.8, 4) is 0 Å². The molecule has 0 saturated carbocycles. The topological polar surface area (TPSA) is 113 Å². The summed E-state index contributed by atoms with van der Waals surface area (Å²) in [7, 11) is -7.47. The Bertz CT molecular complexity index is 1760. The number of sulfonamides is 2. The molecule has 8 nitrogen and oxygen atoms in total. The van der Waals surface area contributed by atoms with Gasteiger partial charge in [-0.2, -0.15) is 0 Å². The molecule has 0 bridgehead atoms. The minimum Gasteiger partial charge on any atom is -0.322 e. The summed E-state index contributed by atoms with van der Waals surface area (Å²) in [5, 5.41) is 3.55. The SMILES string of the molecule is Cc1ccc(Cl)cc1NS(=O)(=O)c1ccc(NC(=O)c2ccc(CN(c3cccc(Cl)c3)S(C)(=O)=O)cc2)cc1. The van der Waals surface area contributed by atoms with Crippen molar-refractivity contribution in [2.75, 3.05) is 20.6 Å². The van der Waals surface area contributed by atoms with Crippen molar-refractivity contribution in [1.29, 1.82) is 0 Å². The van der Waals surface area contributed by atoms with Crippen molar-refractivity contribution in [3.63, 3.8) is 0 Å². The van der Waals surface area contributed by atoms with Gasteiger partial charge < -0.3 is 5.32 Å². The zero-order chi connectivity index (χ0) is 29.1. The van der Waals surface area contributed by atoms with Crippen LogP contribution in [0.5, 0.6) is 0 Å². The van der Waals surface area contributed by atoms with E-state index in [9.17, 15) is 21.6 Å². The molecule has 0 saturated heterocycles. The molecule has 0 radical (unpaired) electrons. The second kappa shape index (κ2) is 11.9. The molecule has 208 valence electrons. The molecule has 0 unspecified atom stereocenters. The number of nitrogens with one attached hydrogen (secondary N) is 2. The molecule has 12 heteroatoms. The molecule has 0 fully saturated rings. The van der Waals surface area contributed by atoms with E-state index in [-0.39, 0.29) is 11.4 Å². The minimum absolute atomic E-state index is 0.0179. The van der Waals surface area contributed by atoms with Crippen LogP contribution in [0.25, 0.3) is 0 Å². The summed E-state index contributed by atoms with van der Waals surface area (Å²) in [6.07, 6.45) is 1.11. The Hall–Kier alpha value is -3.57. The van der Waals surface area contributed by atoms with Gasteiger partial charge in [0.2, 0.25) is 10.0 Å². The second-order valence-electron chi connectivity index (χ2n) is 8.99. The molecular formula is C28H25Cl2N3O5S2. The number of carbonyl (C=O) groups is 1. The number of hydrogen-bond donors (Lipinski definition) is 2. The average Bonchev–Trinajstić information content (AvgIpc) is 2.89. The largest absolute Gasteiger partial charge is 0.322 e. The normalized spacial score (nSPS) is 11.6. The molecule has 40 heavy (non-hydrogen) atoms. The fraction of sp³-hybridized carbons (Fsp3) is 0.107. The Balaban J connectivity index is 1.43. The molecule has 0 aromatic heterocycles. The number of halogens is 2. The summed E-state index contributed by atoms with van der Waals surface area (Å²) >= 11 is 12.0. The molecule has 4 aromatic rings. The van der Waals surface area contributed by atoms with Crippen molar-refractivity contribution in [1.82, 2.24) is 0 Å². The van der Waals surface area contributed by atoms with Gasteiger partial charge in [-0.15, -0.1) is 0 Å². The van der Waals surface area contributed by atoms with E-state index in [0.29, 0.717) is 38.2 Å². The Morgan fingerprint density at radius 2 is 1.48 bits per heavy atom. The third kappa shape index (κ3) is 7.33. The van der Waals surface area contributed by atoms with E-state index in [1.807, 2.05) is 0 Å². The van der Waals surface area contributed by atoms with Gasteiger partial charge >= 0.3 is 0 Å². The molecule has 0 aliphatic carbocycles. The molecule has 1 amide bonds. The summed E-state index contributed by atoms with van der Waals surface area (Å²) in [5.74, 6) is -0.412. The smallest absolute Gasteiger partial charge is 0.261 e. The zero-order valence-corrected chi connectivity index (χ0v) is 24.6. The van der Waals surface area contributed by atoms with Gasteiger partial charge in [0, 0.05) is 21.3 Å². The van der Waals surface area contributed by atoms with Crippen LogP contribution in [0.4, 0.5) is 17.1 Å².